The van der Waals surface area contributed by atoms with Gasteiger partial charge in [-0.25, -0.2) is 0 Å². The van der Waals surface area contributed by atoms with E-state index in [1.165, 1.54) is 295 Å². The van der Waals surface area contributed by atoms with E-state index in [0.29, 0.717) is 19.4 Å². The number of ether oxygens (including phenoxy) is 1. The molecule has 0 saturated carbocycles. The summed E-state index contributed by atoms with van der Waals surface area (Å²) in [5.41, 5.74) is 0. The fourth-order valence-corrected chi connectivity index (χ4v) is 10.2. The van der Waals surface area contributed by atoms with Crippen LogP contribution in [0.5, 0.6) is 0 Å². The van der Waals surface area contributed by atoms with Crippen LogP contribution >= 0.6 is 0 Å². The van der Waals surface area contributed by atoms with Gasteiger partial charge in [0, 0.05) is 12.8 Å². The second-order valence-electron chi connectivity index (χ2n) is 22.1. The van der Waals surface area contributed by atoms with Gasteiger partial charge in [-0.1, -0.05) is 328 Å². The molecule has 0 saturated heterocycles. The highest BCUT2D eigenvalue weighted by atomic mass is 16.5. The van der Waals surface area contributed by atoms with E-state index in [4.69, 9.17) is 4.74 Å². The zero-order valence-corrected chi connectivity index (χ0v) is 47.5. The summed E-state index contributed by atoms with van der Waals surface area (Å²) in [6, 6.07) is -0.628. The summed E-state index contributed by atoms with van der Waals surface area (Å²) >= 11 is 0. The van der Waals surface area contributed by atoms with Crippen molar-refractivity contribution in [2.45, 2.75) is 373 Å². The van der Waals surface area contributed by atoms with E-state index in [1.807, 2.05) is 6.08 Å². The fourth-order valence-electron chi connectivity index (χ4n) is 10.2. The van der Waals surface area contributed by atoms with E-state index < -0.39 is 12.1 Å². The summed E-state index contributed by atoms with van der Waals surface area (Å²) in [6.07, 6.45) is 72.5. The standard InChI is InChI=1S/C64H125NO5/c1-3-5-7-9-11-13-15-17-19-25-29-32-36-40-44-48-52-56-62(67)61(60-66)65-63(68)57-53-49-45-41-37-33-30-26-23-21-20-22-24-27-31-35-39-43-47-51-55-59-70-64(69)58-54-50-46-42-38-34-28-18-16-14-12-10-8-6-4-2/h52,56,61-62,66-67H,3-51,53-55,57-60H2,1-2H3,(H,65,68)/b56-52+. The van der Waals surface area contributed by atoms with Crippen molar-refractivity contribution >= 4 is 11.9 Å². The number of unbranched alkanes of at least 4 members (excludes halogenated alkanes) is 49. The number of hydrogen-bond acceptors (Lipinski definition) is 5. The summed E-state index contributed by atoms with van der Waals surface area (Å²) in [5, 5.41) is 23.2. The molecule has 1 amide bonds. The second-order valence-corrected chi connectivity index (χ2v) is 22.1. The van der Waals surface area contributed by atoms with E-state index in [2.05, 4.69) is 19.2 Å². The highest BCUT2D eigenvalue weighted by molar-refractivity contribution is 5.76. The number of esters is 1. The number of aliphatic hydroxyl groups excluding tert-OH is 2. The predicted octanol–water partition coefficient (Wildman–Crippen LogP) is 20.0. The first-order valence-electron chi connectivity index (χ1n) is 32.0. The number of hydrogen-bond donors (Lipinski definition) is 3. The SMILES string of the molecule is CCCCCCCCCCCCCCCCC/C=C/C(O)C(CO)NC(=O)CCCCCCCCCCCCCCCCCCCCCCCOC(=O)CCCCCCCCCCCCCCCCC. The van der Waals surface area contributed by atoms with Gasteiger partial charge >= 0.3 is 5.97 Å². The largest absolute Gasteiger partial charge is 0.466 e. The lowest BCUT2D eigenvalue weighted by atomic mass is 10.0. The maximum atomic E-state index is 12.5. The first kappa shape index (κ1) is 68.6. The molecule has 416 valence electrons. The van der Waals surface area contributed by atoms with Crippen LogP contribution in [0.15, 0.2) is 12.2 Å². The average Bonchev–Trinajstić information content (AvgIpc) is 3.36. The van der Waals surface area contributed by atoms with Crippen molar-refractivity contribution in [2.24, 2.45) is 0 Å². The van der Waals surface area contributed by atoms with Crippen LogP contribution in [0.1, 0.15) is 361 Å². The molecule has 3 N–H and O–H groups in total. The smallest absolute Gasteiger partial charge is 0.305 e. The Balaban J connectivity index is 3.39. The van der Waals surface area contributed by atoms with Crippen LogP contribution in [0.3, 0.4) is 0 Å². The molecule has 0 aromatic heterocycles. The molecule has 6 heteroatoms. The summed E-state index contributed by atoms with van der Waals surface area (Å²) in [4.78, 5) is 24.5. The van der Waals surface area contributed by atoms with Crippen LogP contribution in [0, 0.1) is 0 Å². The summed E-state index contributed by atoms with van der Waals surface area (Å²) in [6.45, 7) is 4.94. The van der Waals surface area contributed by atoms with Gasteiger partial charge < -0.3 is 20.3 Å². The first-order chi connectivity index (χ1) is 34.5. The first-order valence-corrected chi connectivity index (χ1v) is 32.0. The number of carbonyl (C=O) groups excluding carboxylic acids is 2. The van der Waals surface area contributed by atoms with Crippen molar-refractivity contribution in [2.75, 3.05) is 13.2 Å². The van der Waals surface area contributed by atoms with Gasteiger partial charge in [-0.05, 0) is 32.1 Å². The van der Waals surface area contributed by atoms with Crippen molar-refractivity contribution in [3.8, 4) is 0 Å². The van der Waals surface area contributed by atoms with Gasteiger partial charge in [-0.3, -0.25) is 9.59 Å². The predicted molar refractivity (Wildman–Crippen MR) is 306 cm³/mol. The van der Waals surface area contributed by atoms with Gasteiger partial charge in [0.15, 0.2) is 0 Å². The summed E-state index contributed by atoms with van der Waals surface area (Å²) < 4.78 is 5.49. The van der Waals surface area contributed by atoms with Crippen LogP contribution < -0.4 is 5.32 Å². The van der Waals surface area contributed by atoms with E-state index in [9.17, 15) is 19.8 Å². The zero-order chi connectivity index (χ0) is 50.7. The molecule has 2 unspecified atom stereocenters. The normalized spacial score (nSPS) is 12.6. The van der Waals surface area contributed by atoms with Crippen LogP contribution in [-0.2, 0) is 14.3 Å². The van der Waals surface area contributed by atoms with Crippen LogP contribution in [-0.4, -0.2) is 47.4 Å². The number of rotatable bonds is 60. The molecular weight excluding hydrogens is 863 g/mol. The highest BCUT2D eigenvalue weighted by Gasteiger charge is 2.18. The molecule has 2 atom stereocenters. The van der Waals surface area contributed by atoms with Gasteiger partial charge in [-0.2, -0.15) is 0 Å². The second kappa shape index (κ2) is 60.2. The van der Waals surface area contributed by atoms with E-state index in [1.54, 1.807) is 6.08 Å². The van der Waals surface area contributed by atoms with Crippen molar-refractivity contribution in [3.05, 3.63) is 12.2 Å². The molecule has 0 heterocycles. The summed E-state index contributed by atoms with van der Waals surface area (Å²) in [7, 11) is 0. The van der Waals surface area contributed by atoms with Gasteiger partial charge in [0.1, 0.15) is 0 Å². The topological polar surface area (TPSA) is 95.9 Å². The zero-order valence-electron chi connectivity index (χ0n) is 47.5. The Morgan fingerprint density at radius 3 is 0.971 bits per heavy atom. The average molecular weight is 989 g/mol. The van der Waals surface area contributed by atoms with Crippen molar-refractivity contribution < 1.29 is 24.5 Å². The Morgan fingerprint density at radius 1 is 0.386 bits per heavy atom. The Morgan fingerprint density at radius 2 is 0.657 bits per heavy atom. The molecule has 0 aliphatic rings. The van der Waals surface area contributed by atoms with Crippen molar-refractivity contribution in [3.63, 3.8) is 0 Å². The lowest BCUT2D eigenvalue weighted by Gasteiger charge is -2.20. The molecule has 0 spiro atoms. The van der Waals surface area contributed by atoms with Crippen molar-refractivity contribution in [1.29, 1.82) is 0 Å². The van der Waals surface area contributed by atoms with E-state index >= 15 is 0 Å². The molecule has 0 bridgehead atoms. The molecule has 0 aromatic rings. The summed E-state index contributed by atoms with van der Waals surface area (Å²) in [5.74, 6) is -0.0507. The maximum Gasteiger partial charge on any atom is 0.305 e. The van der Waals surface area contributed by atoms with Crippen LogP contribution in [0.4, 0.5) is 0 Å². The van der Waals surface area contributed by atoms with Gasteiger partial charge in [0.2, 0.25) is 5.91 Å². The molecule has 0 fully saturated rings. The highest BCUT2D eigenvalue weighted by Crippen LogP contribution is 2.18. The lowest BCUT2D eigenvalue weighted by molar-refractivity contribution is -0.143. The molecule has 70 heavy (non-hydrogen) atoms. The van der Waals surface area contributed by atoms with E-state index in [0.717, 1.165) is 38.5 Å². The Labute approximate surface area is 438 Å². The minimum Gasteiger partial charge on any atom is -0.466 e. The van der Waals surface area contributed by atoms with Gasteiger partial charge in [0.25, 0.3) is 0 Å². The fraction of sp³-hybridized carbons (Fsp3) is 0.938. The third-order valence-electron chi connectivity index (χ3n) is 15.1. The Bertz CT molecular complexity index is 1050. The van der Waals surface area contributed by atoms with Gasteiger partial charge in [0.05, 0.1) is 25.4 Å². The lowest BCUT2D eigenvalue weighted by Crippen LogP contribution is -2.45. The number of amides is 1. The number of allylic oxidation sites excluding steroid dienone is 1. The third kappa shape index (κ3) is 55.9. The molecule has 0 rings (SSSR count). The number of carbonyl (C=O) groups is 2. The molecule has 0 aliphatic carbocycles. The Kier molecular flexibility index (Phi) is 59.0. The molecule has 0 aliphatic heterocycles. The number of nitrogens with one attached hydrogen (secondary N) is 1. The van der Waals surface area contributed by atoms with Crippen LogP contribution in [0.25, 0.3) is 0 Å². The quantitative estimate of drug-likeness (QED) is 0.0321. The Hall–Kier alpha value is -1.40. The molecule has 0 radical (unpaired) electrons. The minimum atomic E-state index is -0.844. The van der Waals surface area contributed by atoms with Crippen molar-refractivity contribution in [1.82, 2.24) is 5.32 Å². The van der Waals surface area contributed by atoms with E-state index in [-0.39, 0.29) is 18.5 Å². The van der Waals surface area contributed by atoms with Crippen LogP contribution in [0.2, 0.25) is 0 Å². The molecule has 6 nitrogen and oxygen atoms in total. The number of aliphatic hydroxyl groups is 2. The molecule has 0 aromatic carbocycles. The maximum absolute atomic E-state index is 12.5. The monoisotopic (exact) mass is 988 g/mol. The minimum absolute atomic E-state index is 0.0151. The molecular formula is C64H125NO5. The third-order valence-corrected chi connectivity index (χ3v) is 15.1. The van der Waals surface area contributed by atoms with Gasteiger partial charge in [-0.15, -0.1) is 0 Å².